The Labute approximate surface area is 144 Å². The summed E-state index contributed by atoms with van der Waals surface area (Å²) in [5, 5.41) is 3.42. The number of hydrogen-bond donors (Lipinski definition) is 2. The lowest BCUT2D eigenvalue weighted by Gasteiger charge is -2.11. The molecule has 0 atom stereocenters. The molecule has 0 bridgehead atoms. The number of esters is 1. The summed E-state index contributed by atoms with van der Waals surface area (Å²) in [6.45, 7) is 2.43. The molecule has 0 spiro atoms. The predicted octanol–water partition coefficient (Wildman–Crippen LogP) is 3.49. The van der Waals surface area contributed by atoms with Crippen LogP contribution in [0.2, 0.25) is 0 Å². The fourth-order valence-electron chi connectivity index (χ4n) is 2.51. The van der Waals surface area contributed by atoms with E-state index in [0.717, 1.165) is 10.9 Å². The molecule has 25 heavy (non-hydrogen) atoms. The largest absolute Gasteiger partial charge is 0.487 e. The number of fused-ring (bicyclic) bond motifs is 1. The van der Waals surface area contributed by atoms with Crippen molar-refractivity contribution in [1.82, 2.24) is 4.98 Å². The van der Waals surface area contributed by atoms with Crippen LogP contribution in [0.1, 0.15) is 23.0 Å². The van der Waals surface area contributed by atoms with Crippen LogP contribution in [0, 0.1) is 0 Å². The Bertz CT molecular complexity index is 887. The van der Waals surface area contributed by atoms with E-state index in [-0.39, 0.29) is 0 Å². The molecule has 128 valence electrons. The molecule has 0 aliphatic carbocycles. The number of aromatic amines is 1. The first-order valence-corrected chi connectivity index (χ1v) is 7.92. The maximum atomic E-state index is 11.9. The average molecular weight is 338 g/mol. The molecular weight excluding hydrogens is 320 g/mol. The van der Waals surface area contributed by atoms with Crippen LogP contribution in [0.5, 0.6) is 5.75 Å². The molecular formula is C19H18N2O4. The van der Waals surface area contributed by atoms with Crippen LogP contribution in [0.4, 0.5) is 5.69 Å². The monoisotopic (exact) mass is 338 g/mol. The summed E-state index contributed by atoms with van der Waals surface area (Å²) in [5.41, 5.74) is 2.60. The molecule has 2 aromatic carbocycles. The van der Waals surface area contributed by atoms with Gasteiger partial charge in [0.25, 0.3) is 0 Å². The van der Waals surface area contributed by atoms with Gasteiger partial charge in [-0.1, -0.05) is 30.3 Å². The third-order valence-corrected chi connectivity index (χ3v) is 3.67. The topological polar surface area (TPSA) is 80.4 Å². The first-order valence-electron chi connectivity index (χ1n) is 7.92. The van der Waals surface area contributed by atoms with Crippen molar-refractivity contribution in [2.45, 2.75) is 13.5 Å². The molecule has 0 saturated heterocycles. The first-order chi connectivity index (χ1) is 12.2. The number of H-pyrrole nitrogens is 1. The standard InChI is InChI=1S/C19H18N2O4/c1-2-24-19(23)17-8-14-9-18(16(20-12-22)10-15(14)21-17)25-11-13-6-4-3-5-7-13/h3-10,12,21H,2,11H2,1H3,(H,20,22). The van der Waals surface area contributed by atoms with Gasteiger partial charge in [-0.2, -0.15) is 0 Å². The van der Waals surface area contributed by atoms with Crippen molar-refractivity contribution in [3.8, 4) is 5.75 Å². The first kappa shape index (κ1) is 16.6. The van der Waals surface area contributed by atoms with Gasteiger partial charge < -0.3 is 19.8 Å². The average Bonchev–Trinajstić information content (AvgIpc) is 3.04. The quantitative estimate of drug-likeness (QED) is 0.510. The maximum Gasteiger partial charge on any atom is 0.354 e. The molecule has 0 aliphatic rings. The van der Waals surface area contributed by atoms with Crippen LogP contribution in [-0.4, -0.2) is 24.0 Å². The number of carbonyl (C=O) groups excluding carboxylic acids is 2. The van der Waals surface area contributed by atoms with Crippen LogP contribution < -0.4 is 10.1 Å². The van der Waals surface area contributed by atoms with E-state index in [0.29, 0.717) is 42.3 Å². The molecule has 0 aliphatic heterocycles. The van der Waals surface area contributed by atoms with Gasteiger partial charge in [0, 0.05) is 10.9 Å². The Morgan fingerprint density at radius 1 is 1.20 bits per heavy atom. The van der Waals surface area contributed by atoms with Crippen LogP contribution in [0.15, 0.2) is 48.5 Å². The molecule has 0 unspecified atom stereocenters. The van der Waals surface area contributed by atoms with Crippen molar-refractivity contribution in [3.05, 3.63) is 59.8 Å². The minimum Gasteiger partial charge on any atom is -0.487 e. The van der Waals surface area contributed by atoms with Crippen molar-refractivity contribution in [3.63, 3.8) is 0 Å². The van der Waals surface area contributed by atoms with Gasteiger partial charge in [-0.15, -0.1) is 0 Å². The number of benzene rings is 2. The molecule has 2 N–H and O–H groups in total. The van der Waals surface area contributed by atoms with Gasteiger partial charge in [0.05, 0.1) is 12.3 Å². The summed E-state index contributed by atoms with van der Waals surface area (Å²) in [6.07, 6.45) is 0.589. The SMILES string of the molecule is CCOC(=O)c1cc2cc(OCc3ccccc3)c(NC=O)cc2[nH]1. The van der Waals surface area contributed by atoms with Gasteiger partial charge in [0.1, 0.15) is 18.1 Å². The second-order valence-corrected chi connectivity index (χ2v) is 5.38. The zero-order valence-electron chi connectivity index (χ0n) is 13.7. The summed E-state index contributed by atoms with van der Waals surface area (Å²) in [5.74, 6) is 0.105. The van der Waals surface area contributed by atoms with Crippen molar-refractivity contribution in [2.24, 2.45) is 0 Å². The Kier molecular flexibility index (Phi) is 4.99. The van der Waals surface area contributed by atoms with Crippen molar-refractivity contribution >= 4 is 29.0 Å². The van der Waals surface area contributed by atoms with Crippen molar-refractivity contribution in [2.75, 3.05) is 11.9 Å². The lowest BCUT2D eigenvalue weighted by atomic mass is 10.2. The van der Waals surface area contributed by atoms with Gasteiger partial charge in [0.15, 0.2) is 0 Å². The maximum absolute atomic E-state index is 11.9. The number of rotatable bonds is 7. The molecule has 1 heterocycles. The van der Waals surface area contributed by atoms with Crippen LogP contribution in [0.3, 0.4) is 0 Å². The summed E-state index contributed by atoms with van der Waals surface area (Å²) < 4.78 is 10.8. The zero-order chi connectivity index (χ0) is 17.6. The Balaban J connectivity index is 1.91. The van der Waals surface area contributed by atoms with Crippen LogP contribution >= 0.6 is 0 Å². The Morgan fingerprint density at radius 3 is 2.72 bits per heavy atom. The van der Waals surface area contributed by atoms with Crippen molar-refractivity contribution < 1.29 is 19.1 Å². The highest BCUT2D eigenvalue weighted by molar-refractivity contribution is 5.97. The van der Waals surface area contributed by atoms with E-state index in [1.54, 1.807) is 25.1 Å². The number of aromatic nitrogens is 1. The molecule has 1 aromatic heterocycles. The highest BCUT2D eigenvalue weighted by Crippen LogP contribution is 2.31. The smallest absolute Gasteiger partial charge is 0.354 e. The summed E-state index contributed by atoms with van der Waals surface area (Å²) in [6, 6.07) is 14.9. The normalized spacial score (nSPS) is 10.4. The van der Waals surface area contributed by atoms with Crippen LogP contribution in [-0.2, 0) is 16.1 Å². The van der Waals surface area contributed by atoms with E-state index < -0.39 is 5.97 Å². The molecule has 1 amide bonds. The van der Waals surface area contributed by atoms with Gasteiger partial charge in [-0.25, -0.2) is 4.79 Å². The lowest BCUT2D eigenvalue weighted by molar-refractivity contribution is -0.105. The summed E-state index contributed by atoms with van der Waals surface area (Å²) in [7, 11) is 0. The highest BCUT2D eigenvalue weighted by atomic mass is 16.5. The number of amides is 1. The molecule has 3 aromatic rings. The molecule has 0 radical (unpaired) electrons. The summed E-state index contributed by atoms with van der Waals surface area (Å²) in [4.78, 5) is 25.7. The molecule has 0 saturated carbocycles. The van der Waals surface area contributed by atoms with E-state index in [4.69, 9.17) is 9.47 Å². The molecule has 6 heteroatoms. The number of ether oxygens (including phenoxy) is 2. The number of hydrogen-bond acceptors (Lipinski definition) is 4. The van der Waals surface area contributed by atoms with Gasteiger partial charge in [0.2, 0.25) is 6.41 Å². The second kappa shape index (κ2) is 7.53. The van der Waals surface area contributed by atoms with E-state index in [1.807, 2.05) is 30.3 Å². The van der Waals surface area contributed by atoms with Crippen LogP contribution in [0.25, 0.3) is 10.9 Å². The van der Waals surface area contributed by atoms with E-state index >= 15 is 0 Å². The second-order valence-electron chi connectivity index (χ2n) is 5.38. The zero-order valence-corrected chi connectivity index (χ0v) is 13.7. The Morgan fingerprint density at radius 2 is 2.00 bits per heavy atom. The van der Waals surface area contributed by atoms with E-state index in [2.05, 4.69) is 10.3 Å². The predicted molar refractivity (Wildman–Crippen MR) is 94.7 cm³/mol. The fourth-order valence-corrected chi connectivity index (χ4v) is 2.51. The van der Waals surface area contributed by atoms with Crippen molar-refractivity contribution in [1.29, 1.82) is 0 Å². The summed E-state index contributed by atoms with van der Waals surface area (Å²) >= 11 is 0. The third kappa shape index (κ3) is 3.80. The lowest BCUT2D eigenvalue weighted by Crippen LogP contribution is -2.04. The van der Waals surface area contributed by atoms with Gasteiger partial charge in [-0.3, -0.25) is 4.79 Å². The third-order valence-electron chi connectivity index (χ3n) is 3.67. The Hall–Kier alpha value is -3.28. The molecule has 3 rings (SSSR count). The minimum atomic E-state index is -0.421. The molecule has 0 fully saturated rings. The van der Waals surface area contributed by atoms with Gasteiger partial charge in [-0.05, 0) is 30.7 Å². The molecule has 6 nitrogen and oxygen atoms in total. The number of anilines is 1. The highest BCUT2D eigenvalue weighted by Gasteiger charge is 2.13. The van der Waals surface area contributed by atoms with Gasteiger partial charge >= 0.3 is 5.97 Å². The van der Waals surface area contributed by atoms with E-state index in [9.17, 15) is 9.59 Å². The number of carbonyl (C=O) groups is 2. The number of nitrogens with one attached hydrogen (secondary N) is 2. The fraction of sp³-hybridized carbons (Fsp3) is 0.158. The minimum absolute atomic E-state index is 0.303. The van der Waals surface area contributed by atoms with E-state index in [1.165, 1.54) is 0 Å².